The Kier molecular flexibility index (Phi) is 4.56. The molecule has 1 atom stereocenters. The van der Waals surface area contributed by atoms with Crippen LogP contribution >= 0.6 is 0 Å². The lowest BCUT2D eigenvalue weighted by atomic mass is 10.0. The molecule has 1 aromatic carbocycles. The zero-order chi connectivity index (χ0) is 17.9. The van der Waals surface area contributed by atoms with Gasteiger partial charge in [-0.1, -0.05) is 19.1 Å². The predicted octanol–water partition coefficient (Wildman–Crippen LogP) is 3.67. The van der Waals surface area contributed by atoms with Crippen molar-refractivity contribution in [1.82, 2.24) is 14.9 Å². The largest absolute Gasteiger partial charge is 0.483 e. The fourth-order valence-electron chi connectivity index (χ4n) is 3.37. The smallest absolute Gasteiger partial charge is 0.275 e. The second-order valence-corrected chi connectivity index (χ2v) is 6.77. The van der Waals surface area contributed by atoms with E-state index in [2.05, 4.69) is 16.9 Å². The molecule has 3 aromatic rings. The molecule has 0 radical (unpaired) electrons. The number of aromatic nitrogens is 2. The fourth-order valence-corrected chi connectivity index (χ4v) is 3.37. The van der Waals surface area contributed by atoms with Crippen LogP contribution in [-0.4, -0.2) is 33.9 Å². The third kappa shape index (κ3) is 3.40. The number of carbonyl (C=O) groups excluding carboxylic acids is 1. The summed E-state index contributed by atoms with van der Waals surface area (Å²) in [5, 5.41) is 1.99. The first-order chi connectivity index (χ1) is 12.7. The molecule has 3 heterocycles. The number of nitrogens with zero attached hydrogens (tertiary/aromatic N) is 3. The standard InChI is InChI=1S/C20H21N3O3/c1-14-4-3-9-23(11-14)20(24)17-12-26-19(22-17)13-25-18-6-2-5-15-10-21-8-7-16(15)18/h2,5-8,10,12,14H,3-4,9,11,13H2,1H3. The lowest BCUT2D eigenvalue weighted by molar-refractivity contribution is 0.0677. The molecule has 1 aliphatic heterocycles. The number of fused-ring (bicyclic) bond motifs is 1. The summed E-state index contributed by atoms with van der Waals surface area (Å²) >= 11 is 0. The van der Waals surface area contributed by atoms with Crippen molar-refractivity contribution in [2.24, 2.45) is 5.92 Å². The highest BCUT2D eigenvalue weighted by Gasteiger charge is 2.24. The molecule has 6 nitrogen and oxygen atoms in total. The van der Waals surface area contributed by atoms with Gasteiger partial charge in [0, 0.05) is 36.3 Å². The van der Waals surface area contributed by atoms with Gasteiger partial charge >= 0.3 is 0 Å². The van der Waals surface area contributed by atoms with E-state index in [9.17, 15) is 4.79 Å². The molecular formula is C20H21N3O3. The Morgan fingerprint density at radius 1 is 1.38 bits per heavy atom. The van der Waals surface area contributed by atoms with E-state index in [1.807, 2.05) is 29.2 Å². The van der Waals surface area contributed by atoms with E-state index < -0.39 is 0 Å². The minimum atomic E-state index is -0.0669. The summed E-state index contributed by atoms with van der Waals surface area (Å²) in [7, 11) is 0. The number of amides is 1. The first-order valence-electron chi connectivity index (χ1n) is 8.90. The maximum Gasteiger partial charge on any atom is 0.275 e. The topological polar surface area (TPSA) is 68.5 Å². The Hall–Kier alpha value is -2.89. The lowest BCUT2D eigenvalue weighted by Crippen LogP contribution is -2.39. The van der Waals surface area contributed by atoms with Gasteiger partial charge in [-0.05, 0) is 30.9 Å². The Labute approximate surface area is 151 Å². The van der Waals surface area contributed by atoms with E-state index in [1.165, 1.54) is 12.7 Å². The molecule has 1 saturated heterocycles. The average molecular weight is 351 g/mol. The summed E-state index contributed by atoms with van der Waals surface area (Å²) in [6.07, 6.45) is 7.16. The van der Waals surface area contributed by atoms with Crippen LogP contribution in [0.1, 0.15) is 36.1 Å². The highest BCUT2D eigenvalue weighted by molar-refractivity contribution is 5.92. The molecule has 0 aliphatic carbocycles. The predicted molar refractivity (Wildman–Crippen MR) is 96.9 cm³/mol. The van der Waals surface area contributed by atoms with Gasteiger partial charge in [-0.15, -0.1) is 0 Å². The van der Waals surface area contributed by atoms with Crippen molar-refractivity contribution in [2.75, 3.05) is 13.1 Å². The SMILES string of the molecule is CC1CCCN(C(=O)c2coc(COc3cccc4cnccc34)n2)C1. The molecule has 1 aliphatic rings. The number of oxazole rings is 1. The first kappa shape index (κ1) is 16.6. The third-order valence-electron chi connectivity index (χ3n) is 4.71. The van der Waals surface area contributed by atoms with Crippen molar-refractivity contribution in [3.05, 3.63) is 54.5 Å². The van der Waals surface area contributed by atoms with Crippen LogP contribution in [0.2, 0.25) is 0 Å². The second kappa shape index (κ2) is 7.15. The van der Waals surface area contributed by atoms with Gasteiger partial charge in [0.2, 0.25) is 5.89 Å². The quantitative estimate of drug-likeness (QED) is 0.717. The summed E-state index contributed by atoms with van der Waals surface area (Å²) in [4.78, 5) is 22.8. The van der Waals surface area contributed by atoms with E-state index >= 15 is 0 Å². The minimum Gasteiger partial charge on any atom is -0.483 e. The molecule has 0 saturated carbocycles. The summed E-state index contributed by atoms with van der Waals surface area (Å²) < 4.78 is 11.3. The van der Waals surface area contributed by atoms with Crippen molar-refractivity contribution in [3.63, 3.8) is 0 Å². The van der Waals surface area contributed by atoms with E-state index in [-0.39, 0.29) is 12.5 Å². The van der Waals surface area contributed by atoms with Crippen LogP contribution in [-0.2, 0) is 6.61 Å². The monoisotopic (exact) mass is 351 g/mol. The minimum absolute atomic E-state index is 0.0669. The highest BCUT2D eigenvalue weighted by Crippen LogP contribution is 2.25. The van der Waals surface area contributed by atoms with Gasteiger partial charge in [0.25, 0.3) is 5.91 Å². The first-order valence-corrected chi connectivity index (χ1v) is 8.90. The molecule has 0 spiro atoms. The summed E-state index contributed by atoms with van der Waals surface area (Å²) in [6, 6.07) is 7.71. The van der Waals surface area contributed by atoms with Gasteiger partial charge in [0.15, 0.2) is 12.3 Å². The maximum absolute atomic E-state index is 12.6. The summed E-state index contributed by atoms with van der Waals surface area (Å²) in [5.74, 6) is 1.59. The Morgan fingerprint density at radius 2 is 2.31 bits per heavy atom. The van der Waals surface area contributed by atoms with E-state index in [0.29, 0.717) is 17.5 Å². The van der Waals surface area contributed by atoms with Crippen LogP contribution in [0.3, 0.4) is 0 Å². The van der Waals surface area contributed by atoms with Crippen LogP contribution in [0.4, 0.5) is 0 Å². The maximum atomic E-state index is 12.6. The van der Waals surface area contributed by atoms with Crippen molar-refractivity contribution >= 4 is 16.7 Å². The number of rotatable bonds is 4. The van der Waals surface area contributed by atoms with E-state index in [4.69, 9.17) is 9.15 Å². The van der Waals surface area contributed by atoms with Gasteiger partial charge < -0.3 is 14.1 Å². The van der Waals surface area contributed by atoms with Crippen LogP contribution in [0.15, 0.2) is 47.3 Å². The van der Waals surface area contributed by atoms with Gasteiger partial charge in [-0.2, -0.15) is 0 Å². The average Bonchev–Trinajstić information content (AvgIpc) is 3.15. The molecule has 1 unspecified atom stereocenters. The molecule has 26 heavy (non-hydrogen) atoms. The molecule has 0 bridgehead atoms. The zero-order valence-electron chi connectivity index (χ0n) is 14.7. The fraction of sp³-hybridized carbons (Fsp3) is 0.350. The highest BCUT2D eigenvalue weighted by atomic mass is 16.5. The Balaban J connectivity index is 1.44. The van der Waals surface area contributed by atoms with E-state index in [0.717, 1.165) is 36.0 Å². The van der Waals surface area contributed by atoms with Crippen LogP contribution < -0.4 is 4.74 Å². The summed E-state index contributed by atoms with van der Waals surface area (Å²) in [5.41, 5.74) is 0.347. The molecule has 4 rings (SSSR count). The Morgan fingerprint density at radius 3 is 3.19 bits per heavy atom. The lowest BCUT2D eigenvalue weighted by Gasteiger charge is -2.30. The molecule has 0 N–H and O–H groups in total. The number of ether oxygens (including phenoxy) is 1. The zero-order valence-corrected chi connectivity index (χ0v) is 14.7. The number of piperidine rings is 1. The Bertz CT molecular complexity index is 916. The number of hydrogen-bond donors (Lipinski definition) is 0. The van der Waals surface area contributed by atoms with Gasteiger partial charge in [0.1, 0.15) is 12.0 Å². The molecule has 134 valence electrons. The third-order valence-corrected chi connectivity index (χ3v) is 4.71. The van der Waals surface area contributed by atoms with Gasteiger partial charge in [-0.3, -0.25) is 9.78 Å². The molecule has 1 fully saturated rings. The van der Waals surface area contributed by atoms with Crippen LogP contribution in [0, 0.1) is 5.92 Å². The number of hydrogen-bond acceptors (Lipinski definition) is 5. The van der Waals surface area contributed by atoms with E-state index in [1.54, 1.807) is 12.4 Å². The molecule has 1 amide bonds. The number of carbonyl (C=O) groups is 1. The van der Waals surface area contributed by atoms with Gasteiger partial charge in [0.05, 0.1) is 0 Å². The number of likely N-dealkylation sites (tertiary alicyclic amines) is 1. The van der Waals surface area contributed by atoms with Crippen molar-refractivity contribution in [2.45, 2.75) is 26.4 Å². The molecular weight excluding hydrogens is 330 g/mol. The van der Waals surface area contributed by atoms with Crippen LogP contribution in [0.25, 0.3) is 10.8 Å². The summed E-state index contributed by atoms with van der Waals surface area (Å²) in [6.45, 7) is 3.90. The molecule has 6 heteroatoms. The van der Waals surface area contributed by atoms with Crippen molar-refractivity contribution < 1.29 is 13.9 Å². The second-order valence-electron chi connectivity index (χ2n) is 6.77. The van der Waals surface area contributed by atoms with Crippen molar-refractivity contribution in [3.8, 4) is 5.75 Å². The van der Waals surface area contributed by atoms with Crippen molar-refractivity contribution in [1.29, 1.82) is 0 Å². The normalized spacial score (nSPS) is 17.4. The number of benzene rings is 1. The molecule has 2 aromatic heterocycles. The number of pyridine rings is 1. The van der Waals surface area contributed by atoms with Crippen LogP contribution in [0.5, 0.6) is 5.75 Å². The van der Waals surface area contributed by atoms with Gasteiger partial charge in [-0.25, -0.2) is 4.98 Å².